The number of hydrogen-bond acceptors (Lipinski definition) is 3. The molecule has 0 radical (unpaired) electrons. The molecule has 2 N–H and O–H groups in total. The molecular weight excluding hydrogens is 381 g/mol. The smallest absolute Gasteiger partial charge is 0.191 e. The number of hydrogen-bond donors (Lipinski definition) is 2. The van der Waals surface area contributed by atoms with Crippen molar-refractivity contribution in [1.29, 1.82) is 0 Å². The Morgan fingerprint density at radius 1 is 1.33 bits per heavy atom. The van der Waals surface area contributed by atoms with Crippen LogP contribution in [0.15, 0.2) is 29.3 Å². The number of aliphatic imine (C=N–C) groups is 1. The van der Waals surface area contributed by atoms with Gasteiger partial charge >= 0.3 is 0 Å². The van der Waals surface area contributed by atoms with Crippen LogP contribution in [0.5, 0.6) is 5.75 Å². The lowest BCUT2D eigenvalue weighted by Crippen LogP contribution is -2.43. The van der Waals surface area contributed by atoms with Crippen LogP contribution in [0.25, 0.3) is 0 Å². The van der Waals surface area contributed by atoms with Gasteiger partial charge in [-0.15, -0.1) is 24.0 Å². The summed E-state index contributed by atoms with van der Waals surface area (Å²) in [6.07, 6.45) is 0. The average molecular weight is 407 g/mol. The Morgan fingerprint density at radius 2 is 2.05 bits per heavy atom. The predicted molar refractivity (Wildman–Crippen MR) is 97.7 cm³/mol. The first-order valence-corrected chi connectivity index (χ1v) is 6.88. The molecule has 0 aliphatic carbocycles. The van der Waals surface area contributed by atoms with Gasteiger partial charge in [0.05, 0.1) is 13.2 Å². The van der Waals surface area contributed by atoms with Gasteiger partial charge in [-0.3, -0.25) is 4.99 Å². The molecule has 0 aromatic heterocycles. The van der Waals surface area contributed by atoms with Crippen molar-refractivity contribution in [2.75, 3.05) is 27.4 Å². The first-order valence-electron chi connectivity index (χ1n) is 6.88. The number of methoxy groups -OCH3 is 1. The van der Waals surface area contributed by atoms with Crippen LogP contribution in [-0.2, 0) is 11.3 Å². The van der Waals surface area contributed by atoms with E-state index in [9.17, 15) is 0 Å². The number of benzene rings is 1. The Morgan fingerprint density at radius 3 is 2.67 bits per heavy atom. The Bertz CT molecular complexity index is 427. The van der Waals surface area contributed by atoms with Crippen molar-refractivity contribution in [3.8, 4) is 5.75 Å². The largest absolute Gasteiger partial charge is 0.494 e. The van der Waals surface area contributed by atoms with E-state index in [2.05, 4.69) is 15.6 Å². The fourth-order valence-electron chi connectivity index (χ4n) is 1.84. The van der Waals surface area contributed by atoms with Crippen LogP contribution in [0.2, 0.25) is 0 Å². The topological polar surface area (TPSA) is 54.9 Å². The first kappa shape index (κ1) is 20.0. The van der Waals surface area contributed by atoms with Crippen LogP contribution < -0.4 is 15.4 Å². The second kappa shape index (κ2) is 11.6. The van der Waals surface area contributed by atoms with Gasteiger partial charge < -0.3 is 20.1 Å². The zero-order valence-electron chi connectivity index (χ0n) is 13.2. The molecule has 21 heavy (non-hydrogen) atoms. The lowest BCUT2D eigenvalue weighted by atomic mass is 10.2. The lowest BCUT2D eigenvalue weighted by Gasteiger charge is -2.18. The summed E-state index contributed by atoms with van der Waals surface area (Å²) in [5.41, 5.74) is 1.11. The highest BCUT2D eigenvalue weighted by Crippen LogP contribution is 2.17. The molecule has 0 spiro atoms. The van der Waals surface area contributed by atoms with Gasteiger partial charge in [-0.05, 0) is 19.9 Å². The maximum atomic E-state index is 5.60. The Labute approximate surface area is 144 Å². The van der Waals surface area contributed by atoms with E-state index in [-0.39, 0.29) is 30.0 Å². The summed E-state index contributed by atoms with van der Waals surface area (Å²) in [6, 6.07) is 8.20. The molecule has 6 heteroatoms. The van der Waals surface area contributed by atoms with Gasteiger partial charge in [-0.1, -0.05) is 18.2 Å². The minimum absolute atomic E-state index is 0. The molecule has 0 heterocycles. The van der Waals surface area contributed by atoms with E-state index < -0.39 is 0 Å². The normalized spacial score (nSPS) is 12.3. The number of guanidine groups is 1. The summed E-state index contributed by atoms with van der Waals surface area (Å²) in [4.78, 5) is 4.20. The number of rotatable bonds is 7. The zero-order chi connectivity index (χ0) is 14.8. The van der Waals surface area contributed by atoms with Crippen LogP contribution in [-0.4, -0.2) is 39.4 Å². The molecule has 1 aromatic carbocycles. The molecule has 0 bridgehead atoms. The molecule has 0 fully saturated rings. The van der Waals surface area contributed by atoms with Crippen molar-refractivity contribution in [3.05, 3.63) is 29.8 Å². The molecule has 120 valence electrons. The summed E-state index contributed by atoms with van der Waals surface area (Å²) in [7, 11) is 3.44. The average Bonchev–Trinajstić information content (AvgIpc) is 2.45. The maximum Gasteiger partial charge on any atom is 0.191 e. The number of nitrogens with one attached hydrogen (secondary N) is 2. The fraction of sp³-hybridized carbons (Fsp3) is 0.533. The molecule has 0 amide bonds. The number of para-hydroxylation sites is 1. The highest BCUT2D eigenvalue weighted by Gasteiger charge is 2.06. The monoisotopic (exact) mass is 407 g/mol. The van der Waals surface area contributed by atoms with Crippen molar-refractivity contribution >= 4 is 29.9 Å². The second-order valence-electron chi connectivity index (χ2n) is 4.47. The molecular formula is C15H26IN3O2. The van der Waals surface area contributed by atoms with E-state index in [0.717, 1.165) is 17.3 Å². The molecule has 5 nitrogen and oxygen atoms in total. The van der Waals surface area contributed by atoms with Crippen LogP contribution >= 0.6 is 24.0 Å². The summed E-state index contributed by atoms with van der Waals surface area (Å²) in [5.74, 6) is 1.66. The molecule has 0 aliphatic heterocycles. The minimum Gasteiger partial charge on any atom is -0.494 e. The number of ether oxygens (including phenoxy) is 2. The van der Waals surface area contributed by atoms with E-state index in [1.54, 1.807) is 14.2 Å². The third kappa shape index (κ3) is 7.52. The van der Waals surface area contributed by atoms with Crippen molar-refractivity contribution < 1.29 is 9.47 Å². The highest BCUT2D eigenvalue weighted by atomic mass is 127. The van der Waals surface area contributed by atoms with E-state index in [4.69, 9.17) is 9.47 Å². The summed E-state index contributed by atoms with van der Waals surface area (Å²) in [6.45, 7) is 5.99. The maximum absolute atomic E-state index is 5.60. The van der Waals surface area contributed by atoms with Gasteiger partial charge in [-0.2, -0.15) is 0 Å². The van der Waals surface area contributed by atoms with Crippen molar-refractivity contribution in [2.45, 2.75) is 26.4 Å². The van der Waals surface area contributed by atoms with Crippen LogP contribution in [0.4, 0.5) is 0 Å². The standard InChI is InChI=1S/C15H25N3O2.HI/c1-5-20-14-9-7-6-8-13(14)10-17-15(16-3)18-12(2)11-19-4;/h6-9,12H,5,10-11H2,1-4H3,(H2,16,17,18);1H. The first-order chi connectivity index (χ1) is 9.71. The minimum atomic E-state index is 0. The van der Waals surface area contributed by atoms with Crippen LogP contribution in [0.3, 0.4) is 0 Å². The van der Waals surface area contributed by atoms with E-state index in [0.29, 0.717) is 19.8 Å². The van der Waals surface area contributed by atoms with E-state index in [1.807, 2.05) is 38.1 Å². The third-order valence-electron chi connectivity index (χ3n) is 2.74. The summed E-state index contributed by atoms with van der Waals surface area (Å²) < 4.78 is 10.7. The van der Waals surface area contributed by atoms with E-state index in [1.165, 1.54) is 0 Å². The van der Waals surface area contributed by atoms with Gasteiger partial charge in [0.15, 0.2) is 5.96 Å². The number of halogens is 1. The second-order valence-corrected chi connectivity index (χ2v) is 4.47. The predicted octanol–water partition coefficient (Wildman–Crippen LogP) is 2.40. The Balaban J connectivity index is 0.00000400. The lowest BCUT2D eigenvalue weighted by molar-refractivity contribution is 0.179. The van der Waals surface area contributed by atoms with Gasteiger partial charge in [-0.25, -0.2) is 0 Å². The zero-order valence-corrected chi connectivity index (χ0v) is 15.5. The van der Waals surface area contributed by atoms with Crippen LogP contribution in [0.1, 0.15) is 19.4 Å². The number of nitrogens with zero attached hydrogens (tertiary/aromatic N) is 1. The van der Waals surface area contributed by atoms with Crippen molar-refractivity contribution in [2.24, 2.45) is 4.99 Å². The molecule has 0 saturated heterocycles. The molecule has 0 aliphatic rings. The summed E-state index contributed by atoms with van der Waals surface area (Å²) in [5, 5.41) is 6.54. The quantitative estimate of drug-likeness (QED) is 0.414. The third-order valence-corrected chi connectivity index (χ3v) is 2.74. The fourth-order valence-corrected chi connectivity index (χ4v) is 1.84. The molecule has 1 atom stereocenters. The van der Waals surface area contributed by atoms with Gasteiger partial charge in [0.1, 0.15) is 5.75 Å². The van der Waals surface area contributed by atoms with Crippen molar-refractivity contribution in [1.82, 2.24) is 10.6 Å². The summed E-state index contributed by atoms with van der Waals surface area (Å²) >= 11 is 0. The highest BCUT2D eigenvalue weighted by molar-refractivity contribution is 14.0. The molecule has 0 saturated carbocycles. The van der Waals surface area contributed by atoms with Crippen molar-refractivity contribution in [3.63, 3.8) is 0 Å². The van der Waals surface area contributed by atoms with Crippen LogP contribution in [0, 0.1) is 0 Å². The SMILES string of the molecule is CCOc1ccccc1CNC(=NC)NC(C)COC.I. The molecule has 1 aromatic rings. The van der Waals surface area contributed by atoms with Gasteiger partial charge in [0, 0.05) is 32.3 Å². The van der Waals surface area contributed by atoms with E-state index >= 15 is 0 Å². The Kier molecular flexibility index (Phi) is 11.1. The van der Waals surface area contributed by atoms with Gasteiger partial charge in [0.25, 0.3) is 0 Å². The molecule has 1 unspecified atom stereocenters. The molecule has 1 rings (SSSR count). The Hall–Kier alpha value is -1.02. The van der Waals surface area contributed by atoms with Gasteiger partial charge in [0.2, 0.25) is 0 Å².